The summed E-state index contributed by atoms with van der Waals surface area (Å²) in [5.41, 5.74) is 1.06. The summed E-state index contributed by atoms with van der Waals surface area (Å²) in [7, 11) is -4.48. The Bertz CT molecular complexity index is 1270. The average molecular weight is 475 g/mol. The molecule has 0 bridgehead atoms. The summed E-state index contributed by atoms with van der Waals surface area (Å²) in [4.78, 5) is -1.21. The number of benzene rings is 4. The molecule has 0 aliphatic rings. The highest BCUT2D eigenvalue weighted by Crippen LogP contribution is 2.34. The minimum absolute atomic E-state index is 0.0759. The van der Waals surface area contributed by atoms with Crippen molar-refractivity contribution in [3.63, 3.8) is 0 Å². The van der Waals surface area contributed by atoms with E-state index in [0.717, 1.165) is 12.1 Å². The summed E-state index contributed by atoms with van der Waals surface area (Å²) in [6.45, 7) is 0. The third-order valence-corrected chi connectivity index (χ3v) is 7.11. The Morgan fingerprint density at radius 1 is 0.548 bits per heavy atom. The van der Waals surface area contributed by atoms with Crippen LogP contribution in [-0.2, 0) is 9.84 Å². The van der Waals surface area contributed by atoms with Crippen molar-refractivity contribution < 1.29 is 17.2 Å². The molecule has 0 aromatic heterocycles. The third-order valence-electron chi connectivity index (χ3n) is 4.82. The molecule has 0 saturated heterocycles. The quantitative estimate of drug-likeness (QED) is 0.308. The predicted molar refractivity (Wildman–Crippen MR) is 119 cm³/mol. The molecular formula is C24H14Cl2F2O2S. The molecule has 4 aromatic carbocycles. The highest BCUT2D eigenvalue weighted by atomic mass is 35.5. The zero-order chi connectivity index (χ0) is 22.2. The Morgan fingerprint density at radius 2 is 0.903 bits per heavy atom. The van der Waals surface area contributed by atoms with E-state index in [0.29, 0.717) is 21.2 Å². The first-order valence-electron chi connectivity index (χ1n) is 9.13. The molecule has 0 saturated carbocycles. The summed E-state index contributed by atoms with van der Waals surface area (Å²) in [6, 6.07) is 20.6. The fraction of sp³-hybridized carbons (Fsp3) is 0. The smallest absolute Gasteiger partial charge is 0.212 e. The molecular weight excluding hydrogens is 461 g/mol. The average Bonchev–Trinajstić information content (AvgIpc) is 2.75. The van der Waals surface area contributed by atoms with E-state index in [1.807, 2.05) is 0 Å². The molecule has 0 aliphatic carbocycles. The van der Waals surface area contributed by atoms with Gasteiger partial charge in [0.05, 0.1) is 0 Å². The Labute approximate surface area is 188 Å². The topological polar surface area (TPSA) is 34.1 Å². The molecule has 0 N–H and O–H groups in total. The first kappa shape index (κ1) is 21.5. The molecule has 4 rings (SSSR count). The summed E-state index contributed by atoms with van der Waals surface area (Å²) >= 11 is 11.8. The summed E-state index contributed by atoms with van der Waals surface area (Å²) in [5, 5.41) is 0.933. The largest absolute Gasteiger partial charge is 0.218 e. The molecule has 0 amide bonds. The highest BCUT2D eigenvalue weighted by Gasteiger charge is 2.28. The third kappa shape index (κ3) is 4.09. The van der Waals surface area contributed by atoms with Crippen LogP contribution in [0.1, 0.15) is 0 Å². The van der Waals surface area contributed by atoms with Gasteiger partial charge in [-0.25, -0.2) is 17.2 Å². The maximum Gasteiger partial charge on any atom is 0.212 e. The van der Waals surface area contributed by atoms with Gasteiger partial charge in [0.1, 0.15) is 21.4 Å². The van der Waals surface area contributed by atoms with Crippen LogP contribution in [-0.4, -0.2) is 8.42 Å². The monoisotopic (exact) mass is 474 g/mol. The molecule has 0 fully saturated rings. The van der Waals surface area contributed by atoms with E-state index in [-0.39, 0.29) is 11.1 Å². The molecule has 0 heterocycles. The molecule has 0 spiro atoms. The van der Waals surface area contributed by atoms with Crippen molar-refractivity contribution in [2.24, 2.45) is 0 Å². The molecule has 7 heteroatoms. The van der Waals surface area contributed by atoms with Gasteiger partial charge < -0.3 is 0 Å². The SMILES string of the molecule is O=S(=O)(c1cccc(-c2ccc(Cl)cc2)c1F)c1cccc(-c2ccc(Cl)cc2)c1F. The first-order chi connectivity index (χ1) is 14.8. The molecule has 0 atom stereocenters. The standard InChI is InChI=1S/C24H14Cl2F2O2S/c25-17-11-7-15(8-12-17)19-3-1-5-21(23(19)27)31(29,30)22-6-2-4-20(24(22)28)16-9-13-18(26)14-10-16/h1-14H. The van der Waals surface area contributed by atoms with Crippen molar-refractivity contribution in [3.8, 4) is 22.3 Å². The van der Waals surface area contributed by atoms with E-state index in [1.54, 1.807) is 48.5 Å². The lowest BCUT2D eigenvalue weighted by Crippen LogP contribution is -2.08. The van der Waals surface area contributed by atoms with E-state index in [9.17, 15) is 8.42 Å². The van der Waals surface area contributed by atoms with E-state index in [1.165, 1.54) is 24.3 Å². The van der Waals surface area contributed by atoms with E-state index < -0.39 is 31.3 Å². The van der Waals surface area contributed by atoms with Gasteiger partial charge in [-0.2, -0.15) is 0 Å². The molecule has 0 aliphatic heterocycles. The molecule has 156 valence electrons. The van der Waals surface area contributed by atoms with Crippen LogP contribution in [0.5, 0.6) is 0 Å². The molecule has 2 nitrogen and oxygen atoms in total. The Kier molecular flexibility index (Phi) is 5.84. The summed E-state index contributed by atoms with van der Waals surface area (Å²) < 4.78 is 57.0. The van der Waals surface area contributed by atoms with Crippen molar-refractivity contribution in [1.29, 1.82) is 0 Å². The van der Waals surface area contributed by atoms with Gasteiger partial charge in [0.25, 0.3) is 0 Å². The van der Waals surface area contributed by atoms with Crippen molar-refractivity contribution >= 4 is 33.0 Å². The minimum Gasteiger partial charge on any atom is -0.218 e. The second-order valence-corrected chi connectivity index (χ2v) is 9.51. The molecule has 31 heavy (non-hydrogen) atoms. The lowest BCUT2D eigenvalue weighted by Gasteiger charge is -2.12. The second-order valence-electron chi connectivity index (χ2n) is 6.75. The van der Waals surface area contributed by atoms with Crippen LogP contribution < -0.4 is 0 Å². The Morgan fingerprint density at radius 3 is 1.26 bits per heavy atom. The van der Waals surface area contributed by atoms with Crippen LogP contribution in [0.25, 0.3) is 22.3 Å². The van der Waals surface area contributed by atoms with Crippen molar-refractivity contribution in [2.75, 3.05) is 0 Å². The van der Waals surface area contributed by atoms with Crippen LogP contribution in [0.3, 0.4) is 0 Å². The van der Waals surface area contributed by atoms with E-state index in [2.05, 4.69) is 0 Å². The van der Waals surface area contributed by atoms with Crippen molar-refractivity contribution in [1.82, 2.24) is 0 Å². The molecule has 0 unspecified atom stereocenters. The van der Waals surface area contributed by atoms with Gasteiger partial charge >= 0.3 is 0 Å². The lowest BCUT2D eigenvalue weighted by atomic mass is 10.1. The minimum atomic E-state index is -4.48. The number of sulfone groups is 1. The van der Waals surface area contributed by atoms with Gasteiger partial charge in [-0.15, -0.1) is 0 Å². The predicted octanol–water partition coefficient (Wildman–Crippen LogP) is 7.44. The van der Waals surface area contributed by atoms with Crippen LogP contribution in [0.4, 0.5) is 8.78 Å². The van der Waals surface area contributed by atoms with Crippen molar-refractivity contribution in [2.45, 2.75) is 9.79 Å². The Hall–Kier alpha value is -2.73. The zero-order valence-electron chi connectivity index (χ0n) is 15.8. The van der Waals surface area contributed by atoms with Crippen LogP contribution in [0.2, 0.25) is 10.0 Å². The molecule has 4 aromatic rings. The Balaban J connectivity index is 1.85. The fourth-order valence-electron chi connectivity index (χ4n) is 3.26. The number of halogens is 4. The van der Waals surface area contributed by atoms with Gasteiger partial charge in [-0.3, -0.25) is 0 Å². The highest BCUT2D eigenvalue weighted by molar-refractivity contribution is 7.91. The van der Waals surface area contributed by atoms with Gasteiger partial charge in [0.2, 0.25) is 9.84 Å². The van der Waals surface area contributed by atoms with Gasteiger partial charge in [-0.05, 0) is 47.5 Å². The normalized spacial score (nSPS) is 11.5. The first-order valence-corrected chi connectivity index (χ1v) is 11.4. The zero-order valence-corrected chi connectivity index (χ0v) is 18.1. The maximum absolute atomic E-state index is 15.3. The number of rotatable bonds is 4. The lowest BCUT2D eigenvalue weighted by molar-refractivity contribution is 0.554. The van der Waals surface area contributed by atoms with E-state index in [4.69, 9.17) is 23.2 Å². The van der Waals surface area contributed by atoms with E-state index >= 15 is 8.78 Å². The summed E-state index contributed by atoms with van der Waals surface area (Å²) in [6.07, 6.45) is 0. The fourth-order valence-corrected chi connectivity index (χ4v) is 4.96. The van der Waals surface area contributed by atoms with Gasteiger partial charge in [0.15, 0.2) is 0 Å². The number of hydrogen-bond donors (Lipinski definition) is 0. The molecule has 0 radical (unpaired) electrons. The van der Waals surface area contributed by atoms with Gasteiger partial charge in [-0.1, -0.05) is 71.7 Å². The summed E-state index contributed by atoms with van der Waals surface area (Å²) in [5.74, 6) is -1.91. The van der Waals surface area contributed by atoms with Crippen LogP contribution in [0.15, 0.2) is 94.7 Å². The second kappa shape index (κ2) is 8.42. The van der Waals surface area contributed by atoms with Crippen LogP contribution in [0, 0.1) is 11.6 Å². The van der Waals surface area contributed by atoms with Crippen LogP contribution >= 0.6 is 23.2 Å². The maximum atomic E-state index is 15.3. The van der Waals surface area contributed by atoms with Gasteiger partial charge in [0, 0.05) is 21.2 Å². The van der Waals surface area contributed by atoms with Crippen molar-refractivity contribution in [3.05, 3.63) is 107 Å². The number of hydrogen-bond acceptors (Lipinski definition) is 2.